The Morgan fingerprint density at radius 3 is 1.96 bits per heavy atom. The Bertz CT molecular complexity index is 2020. The number of ether oxygens (including phenoxy) is 1. The predicted octanol–water partition coefficient (Wildman–Crippen LogP) is 8.07. The van der Waals surface area contributed by atoms with Crippen LogP contribution in [-0.2, 0) is 32.6 Å². The van der Waals surface area contributed by atoms with Crippen LogP contribution in [0.25, 0.3) is 0 Å². The third-order valence-corrected chi connectivity index (χ3v) is 11.3. The first-order valence-electron chi connectivity index (χ1n) is 17.9. The van der Waals surface area contributed by atoms with E-state index in [1.54, 1.807) is 47.4 Å². The average Bonchev–Trinajstić information content (AvgIpc) is 3.17. The fraction of sp³-hybridized carbons (Fsp3) is 0.256. The van der Waals surface area contributed by atoms with Crippen molar-refractivity contribution < 1.29 is 22.7 Å². The summed E-state index contributed by atoms with van der Waals surface area (Å²) in [6.07, 6.45) is 5.28. The second kappa shape index (κ2) is 17.2. The molecule has 1 aliphatic carbocycles. The third kappa shape index (κ3) is 9.27. The second-order valence-electron chi connectivity index (χ2n) is 13.2. The number of carbonyl (C=O) groups is 2. The molecule has 1 N–H and O–H groups in total. The topological polar surface area (TPSA) is 96.0 Å². The van der Waals surface area contributed by atoms with Crippen LogP contribution in [0.4, 0.5) is 5.69 Å². The van der Waals surface area contributed by atoms with Gasteiger partial charge in [0.25, 0.3) is 10.0 Å². The number of carbonyl (C=O) groups excluding carboxylic acids is 2. The molecule has 52 heavy (non-hydrogen) atoms. The number of para-hydroxylation sites is 1. The Hall–Kier alpha value is -5.41. The first kappa shape index (κ1) is 36.4. The molecule has 6 rings (SSSR count). The lowest BCUT2D eigenvalue weighted by Gasteiger charge is -2.35. The largest absolute Gasteiger partial charge is 0.457 e. The molecule has 0 aliphatic heterocycles. The van der Waals surface area contributed by atoms with Crippen LogP contribution in [0.3, 0.4) is 0 Å². The number of rotatable bonds is 14. The first-order valence-corrected chi connectivity index (χ1v) is 19.3. The molecule has 5 aromatic carbocycles. The zero-order chi connectivity index (χ0) is 36.3. The van der Waals surface area contributed by atoms with Gasteiger partial charge in [0.15, 0.2) is 0 Å². The van der Waals surface area contributed by atoms with E-state index in [4.69, 9.17) is 4.74 Å². The van der Waals surface area contributed by atoms with Crippen LogP contribution in [-0.4, -0.2) is 43.8 Å². The molecular formula is C43H45N3O5S. The van der Waals surface area contributed by atoms with Gasteiger partial charge in [0.05, 0.1) is 10.6 Å². The van der Waals surface area contributed by atoms with Crippen molar-refractivity contribution in [2.45, 2.75) is 69.0 Å². The van der Waals surface area contributed by atoms with Crippen LogP contribution >= 0.6 is 0 Å². The summed E-state index contributed by atoms with van der Waals surface area (Å²) in [6.45, 7) is 1.58. The Kier molecular flexibility index (Phi) is 12.0. The summed E-state index contributed by atoms with van der Waals surface area (Å²) < 4.78 is 35.9. The lowest BCUT2D eigenvalue weighted by Crippen LogP contribution is -2.55. The summed E-state index contributed by atoms with van der Waals surface area (Å²) in [5, 5.41) is 3.26. The minimum Gasteiger partial charge on any atom is -0.457 e. The molecule has 0 heterocycles. The molecule has 1 fully saturated rings. The molecule has 0 unspecified atom stereocenters. The fourth-order valence-corrected chi connectivity index (χ4v) is 8.06. The van der Waals surface area contributed by atoms with E-state index in [1.807, 2.05) is 91.9 Å². The van der Waals surface area contributed by atoms with Gasteiger partial charge in [-0.05, 0) is 85.0 Å². The summed E-state index contributed by atoms with van der Waals surface area (Å²) in [5.41, 5.74) is 3.03. The molecular weight excluding hydrogens is 671 g/mol. The number of benzene rings is 5. The van der Waals surface area contributed by atoms with Gasteiger partial charge in [-0.3, -0.25) is 13.9 Å². The zero-order valence-corrected chi connectivity index (χ0v) is 30.3. The van der Waals surface area contributed by atoms with Crippen LogP contribution in [0, 0.1) is 6.92 Å². The van der Waals surface area contributed by atoms with Gasteiger partial charge in [-0.2, -0.15) is 0 Å². The molecule has 0 spiro atoms. The summed E-state index contributed by atoms with van der Waals surface area (Å²) >= 11 is 0. The maximum atomic E-state index is 14.9. The summed E-state index contributed by atoms with van der Waals surface area (Å²) in [7, 11) is -4.22. The standard InChI is InChI=1S/C43H45N3O5S/c1-33-16-14-15-19-35(33)31-45(41(30-34-17-6-2-7-18-34)43(48)44-36-20-8-3-9-21-36)42(47)32-46(52(49,50)40-24-12-5-13-25-40)37-26-28-39(29-27-37)51-38-22-10-4-11-23-38/h2,4-7,10-19,22-29,36,41H,3,8-9,20-21,30-32H2,1H3,(H,44,48)/t41-/m0/s1. The molecule has 9 heteroatoms. The molecule has 0 bridgehead atoms. The van der Waals surface area contributed by atoms with Crippen molar-refractivity contribution in [3.63, 3.8) is 0 Å². The highest BCUT2D eigenvalue weighted by Crippen LogP contribution is 2.29. The predicted molar refractivity (Wildman–Crippen MR) is 205 cm³/mol. The smallest absolute Gasteiger partial charge is 0.264 e. The normalized spacial score (nSPS) is 13.9. The second-order valence-corrected chi connectivity index (χ2v) is 15.1. The molecule has 0 radical (unpaired) electrons. The van der Waals surface area contributed by atoms with Crippen molar-refractivity contribution in [1.29, 1.82) is 0 Å². The number of sulfonamides is 1. The van der Waals surface area contributed by atoms with Crippen molar-refractivity contribution in [1.82, 2.24) is 10.2 Å². The summed E-state index contributed by atoms with van der Waals surface area (Å²) in [4.78, 5) is 30.8. The SMILES string of the molecule is Cc1ccccc1CN(C(=O)CN(c1ccc(Oc2ccccc2)cc1)S(=O)(=O)c1ccccc1)[C@@H](Cc1ccccc1)C(=O)NC1CCCCC1. The van der Waals surface area contributed by atoms with E-state index in [2.05, 4.69) is 5.32 Å². The van der Waals surface area contributed by atoms with E-state index in [1.165, 1.54) is 12.1 Å². The monoisotopic (exact) mass is 715 g/mol. The van der Waals surface area contributed by atoms with Gasteiger partial charge in [0.1, 0.15) is 24.1 Å². The number of anilines is 1. The van der Waals surface area contributed by atoms with Gasteiger partial charge in [-0.25, -0.2) is 8.42 Å². The lowest BCUT2D eigenvalue weighted by molar-refractivity contribution is -0.140. The average molecular weight is 716 g/mol. The quantitative estimate of drug-likeness (QED) is 0.126. The van der Waals surface area contributed by atoms with E-state index in [-0.39, 0.29) is 29.8 Å². The maximum absolute atomic E-state index is 14.9. The van der Waals surface area contributed by atoms with Crippen LogP contribution in [0.1, 0.15) is 48.8 Å². The van der Waals surface area contributed by atoms with Gasteiger partial charge < -0.3 is 15.0 Å². The van der Waals surface area contributed by atoms with Crippen LogP contribution in [0.15, 0.2) is 144 Å². The van der Waals surface area contributed by atoms with Gasteiger partial charge >= 0.3 is 0 Å². The highest BCUT2D eigenvalue weighted by atomic mass is 32.2. The van der Waals surface area contributed by atoms with E-state index in [0.29, 0.717) is 17.2 Å². The molecule has 1 aliphatic rings. The van der Waals surface area contributed by atoms with Gasteiger partial charge in [-0.15, -0.1) is 0 Å². The zero-order valence-electron chi connectivity index (χ0n) is 29.4. The molecule has 1 saturated carbocycles. The van der Waals surface area contributed by atoms with Gasteiger partial charge in [0.2, 0.25) is 11.8 Å². The number of amides is 2. The minimum absolute atomic E-state index is 0.0292. The van der Waals surface area contributed by atoms with Crippen molar-refractivity contribution in [3.8, 4) is 11.5 Å². The molecule has 1 atom stereocenters. The van der Waals surface area contributed by atoms with Gasteiger partial charge in [-0.1, -0.05) is 110 Å². The Morgan fingerprint density at radius 2 is 1.31 bits per heavy atom. The maximum Gasteiger partial charge on any atom is 0.264 e. The Balaban J connectivity index is 1.38. The number of nitrogens with zero attached hydrogens (tertiary/aromatic N) is 2. The van der Waals surface area contributed by atoms with Crippen molar-refractivity contribution in [3.05, 3.63) is 156 Å². The molecule has 0 aromatic heterocycles. The third-order valence-electron chi connectivity index (χ3n) is 9.54. The van der Waals surface area contributed by atoms with Crippen LogP contribution in [0.5, 0.6) is 11.5 Å². The molecule has 268 valence electrons. The molecule has 8 nitrogen and oxygen atoms in total. The van der Waals surface area contributed by atoms with Crippen molar-refractivity contribution >= 4 is 27.5 Å². The van der Waals surface area contributed by atoms with Gasteiger partial charge in [0, 0.05) is 19.0 Å². The number of aryl methyl sites for hydroxylation is 1. The van der Waals surface area contributed by atoms with Crippen LogP contribution < -0.4 is 14.4 Å². The van der Waals surface area contributed by atoms with E-state index in [0.717, 1.165) is 53.1 Å². The first-order chi connectivity index (χ1) is 25.3. The number of hydrogen-bond donors (Lipinski definition) is 1. The van der Waals surface area contributed by atoms with E-state index < -0.39 is 28.5 Å². The minimum atomic E-state index is -4.22. The molecule has 5 aromatic rings. The number of nitrogens with one attached hydrogen (secondary N) is 1. The lowest BCUT2D eigenvalue weighted by atomic mass is 9.94. The van der Waals surface area contributed by atoms with Crippen molar-refractivity contribution in [2.24, 2.45) is 0 Å². The Labute approximate surface area is 307 Å². The van der Waals surface area contributed by atoms with E-state index in [9.17, 15) is 18.0 Å². The number of hydrogen-bond acceptors (Lipinski definition) is 5. The molecule has 0 saturated heterocycles. The fourth-order valence-electron chi connectivity index (χ4n) is 6.62. The van der Waals surface area contributed by atoms with E-state index >= 15 is 0 Å². The molecule has 2 amide bonds. The highest BCUT2D eigenvalue weighted by Gasteiger charge is 2.35. The van der Waals surface area contributed by atoms with Crippen LogP contribution in [0.2, 0.25) is 0 Å². The summed E-state index contributed by atoms with van der Waals surface area (Å²) in [5.74, 6) is 0.425. The highest BCUT2D eigenvalue weighted by molar-refractivity contribution is 7.92. The Morgan fingerprint density at radius 1 is 0.731 bits per heavy atom. The summed E-state index contributed by atoms with van der Waals surface area (Å²) in [6, 6.07) is 40.5. The van der Waals surface area contributed by atoms with Crippen molar-refractivity contribution in [2.75, 3.05) is 10.8 Å².